The van der Waals surface area contributed by atoms with Crippen molar-refractivity contribution >= 4 is 28.9 Å². The van der Waals surface area contributed by atoms with Gasteiger partial charge in [-0.3, -0.25) is 4.79 Å². The highest BCUT2D eigenvalue weighted by Crippen LogP contribution is 2.37. The van der Waals surface area contributed by atoms with Crippen molar-refractivity contribution in [2.45, 2.75) is 45.4 Å². The molecular formula is C18H25NO3S. The van der Waals surface area contributed by atoms with Gasteiger partial charge in [-0.1, -0.05) is 6.92 Å². The molecule has 3 rings (SSSR count). The second-order valence-corrected chi connectivity index (χ2v) is 7.89. The van der Waals surface area contributed by atoms with Crippen molar-refractivity contribution < 1.29 is 14.3 Å². The smallest absolute Gasteiger partial charge is 0.350 e. The van der Waals surface area contributed by atoms with Gasteiger partial charge in [-0.2, -0.15) is 0 Å². The van der Waals surface area contributed by atoms with Crippen LogP contribution in [0.1, 0.15) is 55.1 Å². The van der Waals surface area contributed by atoms with Crippen molar-refractivity contribution in [2.24, 2.45) is 17.8 Å². The van der Waals surface area contributed by atoms with Crippen molar-refractivity contribution in [1.82, 2.24) is 0 Å². The Kier molecular flexibility index (Phi) is 5.05. The molecule has 0 saturated heterocycles. The van der Waals surface area contributed by atoms with Crippen LogP contribution in [0.15, 0.2) is 11.4 Å². The van der Waals surface area contributed by atoms with Crippen LogP contribution >= 0.6 is 11.3 Å². The monoisotopic (exact) mass is 335 g/mol. The van der Waals surface area contributed by atoms with E-state index in [1.807, 2.05) is 16.3 Å². The molecule has 0 radical (unpaired) electrons. The number of anilines is 1. The summed E-state index contributed by atoms with van der Waals surface area (Å²) in [4.78, 5) is 27.5. The van der Waals surface area contributed by atoms with Crippen LogP contribution in [0.3, 0.4) is 0 Å². The fourth-order valence-corrected chi connectivity index (χ4v) is 4.17. The Balaban J connectivity index is 1.81. The second kappa shape index (κ2) is 7.04. The van der Waals surface area contributed by atoms with Gasteiger partial charge in [-0.15, -0.1) is 11.3 Å². The summed E-state index contributed by atoms with van der Waals surface area (Å²) in [5, 5.41) is 1.87. The number of thiophene rings is 1. The highest BCUT2D eigenvalue weighted by atomic mass is 32.1. The molecule has 0 unspecified atom stereocenters. The quantitative estimate of drug-likeness (QED) is 0.761. The van der Waals surface area contributed by atoms with Crippen molar-refractivity contribution in [3.63, 3.8) is 0 Å². The largest absolute Gasteiger partial charge is 0.465 e. The van der Waals surface area contributed by atoms with Crippen LogP contribution in [0.4, 0.5) is 5.69 Å². The molecule has 2 saturated carbocycles. The lowest BCUT2D eigenvalue weighted by Gasteiger charge is -2.31. The standard InChI is InChI=1S/C18H25NO3S/c1-12-3-7-14(8-4-12)17(20)19(11-13-5-6-13)15-9-10-23-16(15)18(21)22-2/h9-10,12-14H,3-8,11H2,1-2H3/t12-,14-. The molecule has 2 aliphatic rings. The van der Waals surface area contributed by atoms with E-state index in [1.54, 1.807) is 0 Å². The SMILES string of the molecule is COC(=O)c1sccc1N(CC1CC1)C(=O)[C@H]1CC[C@H](C)CC1. The molecule has 2 aliphatic carbocycles. The highest BCUT2D eigenvalue weighted by molar-refractivity contribution is 7.12. The fourth-order valence-electron chi connectivity index (χ4n) is 3.35. The van der Waals surface area contributed by atoms with Crippen molar-refractivity contribution in [2.75, 3.05) is 18.6 Å². The van der Waals surface area contributed by atoms with Gasteiger partial charge in [-0.25, -0.2) is 4.79 Å². The first-order valence-corrected chi connectivity index (χ1v) is 9.45. The Morgan fingerprint density at radius 3 is 2.52 bits per heavy atom. The molecule has 0 spiro atoms. The number of nitrogens with zero attached hydrogens (tertiary/aromatic N) is 1. The van der Waals surface area contributed by atoms with E-state index in [4.69, 9.17) is 4.74 Å². The van der Waals surface area contributed by atoms with Gasteiger partial charge in [0.1, 0.15) is 4.88 Å². The van der Waals surface area contributed by atoms with E-state index < -0.39 is 0 Å². The molecule has 1 amide bonds. The maximum Gasteiger partial charge on any atom is 0.350 e. The maximum atomic E-state index is 13.1. The molecule has 23 heavy (non-hydrogen) atoms. The third-order valence-electron chi connectivity index (χ3n) is 5.07. The molecule has 4 nitrogen and oxygen atoms in total. The zero-order chi connectivity index (χ0) is 16.4. The van der Waals surface area contributed by atoms with Gasteiger partial charge in [0.15, 0.2) is 0 Å². The van der Waals surface area contributed by atoms with Gasteiger partial charge in [0, 0.05) is 12.5 Å². The number of ether oxygens (including phenoxy) is 1. The van der Waals surface area contributed by atoms with Gasteiger partial charge < -0.3 is 9.64 Å². The second-order valence-electron chi connectivity index (χ2n) is 6.98. The Bertz CT molecular complexity index is 571. The minimum Gasteiger partial charge on any atom is -0.465 e. The Hall–Kier alpha value is -1.36. The molecule has 0 aromatic carbocycles. The van der Waals surface area contributed by atoms with Gasteiger partial charge >= 0.3 is 5.97 Å². The van der Waals surface area contributed by atoms with Gasteiger partial charge in [-0.05, 0) is 61.8 Å². The summed E-state index contributed by atoms with van der Waals surface area (Å²) < 4.78 is 4.88. The molecule has 1 aromatic rings. The Morgan fingerprint density at radius 2 is 1.91 bits per heavy atom. The maximum absolute atomic E-state index is 13.1. The van der Waals surface area contributed by atoms with E-state index in [-0.39, 0.29) is 17.8 Å². The van der Waals surface area contributed by atoms with Crippen LogP contribution in [-0.2, 0) is 9.53 Å². The summed E-state index contributed by atoms with van der Waals surface area (Å²) in [5.41, 5.74) is 0.748. The first-order valence-electron chi connectivity index (χ1n) is 8.57. The summed E-state index contributed by atoms with van der Waals surface area (Å²) in [5.74, 6) is 1.28. The molecule has 2 fully saturated rings. The molecule has 126 valence electrons. The molecule has 1 aromatic heterocycles. The minimum absolute atomic E-state index is 0.107. The van der Waals surface area contributed by atoms with Crippen LogP contribution in [0.2, 0.25) is 0 Å². The van der Waals surface area contributed by atoms with Crippen molar-refractivity contribution in [1.29, 1.82) is 0 Å². The molecular weight excluding hydrogens is 310 g/mol. The molecule has 0 atom stereocenters. The minimum atomic E-state index is -0.346. The number of amides is 1. The van der Waals surface area contributed by atoms with Crippen LogP contribution in [0.5, 0.6) is 0 Å². The number of carbonyl (C=O) groups is 2. The first-order chi connectivity index (χ1) is 11.1. The van der Waals surface area contributed by atoms with Crippen molar-refractivity contribution in [3.8, 4) is 0 Å². The Morgan fingerprint density at radius 1 is 1.22 bits per heavy atom. The van der Waals surface area contributed by atoms with Gasteiger partial charge in [0.25, 0.3) is 0 Å². The lowest BCUT2D eigenvalue weighted by Crippen LogP contribution is -2.39. The van der Waals surface area contributed by atoms with E-state index in [0.29, 0.717) is 10.8 Å². The summed E-state index contributed by atoms with van der Waals surface area (Å²) in [6.07, 6.45) is 6.56. The number of esters is 1. The van der Waals surface area contributed by atoms with Crippen molar-refractivity contribution in [3.05, 3.63) is 16.3 Å². The average Bonchev–Trinajstić information content (AvgIpc) is 3.26. The number of hydrogen-bond donors (Lipinski definition) is 0. The predicted molar refractivity (Wildman–Crippen MR) is 91.9 cm³/mol. The van der Waals surface area contributed by atoms with E-state index in [9.17, 15) is 9.59 Å². The van der Waals surface area contributed by atoms with Crippen LogP contribution in [0, 0.1) is 17.8 Å². The van der Waals surface area contributed by atoms with E-state index in [2.05, 4.69) is 6.92 Å². The summed E-state index contributed by atoms with van der Waals surface area (Å²) >= 11 is 1.35. The average molecular weight is 335 g/mol. The third kappa shape index (κ3) is 3.77. The number of methoxy groups -OCH3 is 1. The van der Waals surface area contributed by atoms with Gasteiger partial charge in [0.05, 0.1) is 12.8 Å². The molecule has 0 aliphatic heterocycles. The summed E-state index contributed by atoms with van der Waals surface area (Å²) in [6.45, 7) is 3.00. The topological polar surface area (TPSA) is 46.6 Å². The van der Waals surface area contributed by atoms with Crippen LogP contribution in [-0.4, -0.2) is 25.5 Å². The summed E-state index contributed by atoms with van der Waals surface area (Å²) in [7, 11) is 1.39. The molecule has 5 heteroatoms. The lowest BCUT2D eigenvalue weighted by atomic mass is 9.82. The summed E-state index contributed by atoms with van der Waals surface area (Å²) in [6, 6.07) is 1.89. The van der Waals surface area contributed by atoms with Crippen LogP contribution < -0.4 is 4.90 Å². The van der Waals surface area contributed by atoms with E-state index in [1.165, 1.54) is 31.3 Å². The third-order valence-corrected chi connectivity index (χ3v) is 5.96. The highest BCUT2D eigenvalue weighted by Gasteiger charge is 2.34. The van der Waals surface area contributed by atoms with E-state index >= 15 is 0 Å². The van der Waals surface area contributed by atoms with Crippen LogP contribution in [0.25, 0.3) is 0 Å². The number of hydrogen-bond acceptors (Lipinski definition) is 4. The molecule has 0 bridgehead atoms. The fraction of sp³-hybridized carbons (Fsp3) is 0.667. The molecule has 0 N–H and O–H groups in total. The first kappa shape index (κ1) is 16.5. The number of rotatable bonds is 5. The predicted octanol–water partition coefficient (Wildman–Crippen LogP) is 4.10. The van der Waals surface area contributed by atoms with E-state index in [0.717, 1.165) is 43.8 Å². The molecule has 1 heterocycles. The number of carbonyl (C=O) groups excluding carboxylic acids is 2. The zero-order valence-corrected chi connectivity index (χ0v) is 14.7. The normalized spacial score (nSPS) is 24.3. The van der Waals surface area contributed by atoms with Gasteiger partial charge in [0.2, 0.25) is 5.91 Å². The lowest BCUT2D eigenvalue weighted by molar-refractivity contribution is -0.123. The Labute approximate surface area is 141 Å². The zero-order valence-electron chi connectivity index (χ0n) is 13.9.